The van der Waals surface area contributed by atoms with Gasteiger partial charge in [0.15, 0.2) is 11.5 Å². The molecule has 3 aliphatic heterocycles. The lowest BCUT2D eigenvalue weighted by atomic mass is 10.0. The van der Waals surface area contributed by atoms with Crippen molar-refractivity contribution in [1.29, 1.82) is 0 Å². The normalized spacial score (nSPS) is 20.4. The van der Waals surface area contributed by atoms with Crippen LogP contribution in [0, 0.1) is 0 Å². The number of benzene rings is 2. The van der Waals surface area contributed by atoms with Gasteiger partial charge in [-0.1, -0.05) is 24.3 Å². The smallest absolute Gasteiger partial charge is 0.259 e. The fraction of sp³-hybridized carbons (Fsp3) is 0.400. The van der Waals surface area contributed by atoms with E-state index in [2.05, 4.69) is 15.5 Å². The maximum atomic E-state index is 13.2. The van der Waals surface area contributed by atoms with E-state index in [1.165, 1.54) is 4.90 Å². The Kier molecular flexibility index (Phi) is 6.42. The molecule has 11 heteroatoms. The number of phenols is 3. The van der Waals surface area contributed by atoms with Crippen LogP contribution in [0.25, 0.3) is 0 Å². The van der Waals surface area contributed by atoms with E-state index in [9.17, 15) is 29.7 Å². The molecule has 190 valence electrons. The van der Waals surface area contributed by atoms with Crippen LogP contribution in [0.4, 0.5) is 5.69 Å². The summed E-state index contributed by atoms with van der Waals surface area (Å²) in [7, 11) is 0. The van der Waals surface area contributed by atoms with Gasteiger partial charge in [-0.25, -0.2) is 0 Å². The Hall–Kier alpha value is -3.83. The molecule has 3 amide bonds. The number of nitrogens with zero attached hydrogens (tertiary/aromatic N) is 2. The number of morpholine rings is 1. The summed E-state index contributed by atoms with van der Waals surface area (Å²) in [5.74, 6) is -3.77. The van der Waals surface area contributed by atoms with Crippen LogP contribution in [0.1, 0.15) is 39.9 Å². The summed E-state index contributed by atoms with van der Waals surface area (Å²) in [4.78, 5) is 40.7. The second kappa shape index (κ2) is 9.67. The first-order chi connectivity index (χ1) is 17.3. The molecule has 2 fully saturated rings. The van der Waals surface area contributed by atoms with E-state index in [1.54, 1.807) is 0 Å². The highest BCUT2D eigenvalue weighted by molar-refractivity contribution is 6.08. The number of ether oxygens (including phenoxy) is 1. The molecular weight excluding hydrogens is 468 g/mol. The summed E-state index contributed by atoms with van der Waals surface area (Å²) in [5.41, 5.74) is 2.29. The number of carbonyl (C=O) groups excluding carboxylic acids is 3. The third-order valence-corrected chi connectivity index (χ3v) is 6.99. The molecule has 2 aromatic rings. The molecule has 1 unspecified atom stereocenters. The maximum absolute atomic E-state index is 13.2. The first kappa shape index (κ1) is 23.9. The summed E-state index contributed by atoms with van der Waals surface area (Å²) in [6.07, 6.45) is 0.241. The number of nitrogens with one attached hydrogen (secondary N) is 2. The van der Waals surface area contributed by atoms with Gasteiger partial charge in [0.1, 0.15) is 6.04 Å². The molecule has 0 aliphatic carbocycles. The van der Waals surface area contributed by atoms with Crippen LogP contribution < -0.4 is 10.6 Å². The number of aromatic hydroxyl groups is 3. The number of anilines is 1. The van der Waals surface area contributed by atoms with Gasteiger partial charge in [0.05, 0.1) is 24.5 Å². The van der Waals surface area contributed by atoms with E-state index >= 15 is 0 Å². The van der Waals surface area contributed by atoms with Crippen LogP contribution in [0.3, 0.4) is 0 Å². The fourth-order valence-electron chi connectivity index (χ4n) is 5.02. The maximum Gasteiger partial charge on any atom is 0.259 e. The van der Waals surface area contributed by atoms with E-state index in [0.717, 1.165) is 30.8 Å². The zero-order chi connectivity index (χ0) is 25.4. The Morgan fingerprint density at radius 3 is 2.44 bits per heavy atom. The molecule has 0 radical (unpaired) electrons. The Balaban J connectivity index is 1.41. The Bertz CT molecular complexity index is 1230. The lowest BCUT2D eigenvalue weighted by Crippen LogP contribution is -2.52. The number of rotatable bonds is 6. The minimum Gasteiger partial charge on any atom is -0.504 e. The van der Waals surface area contributed by atoms with E-state index in [0.29, 0.717) is 13.2 Å². The molecule has 0 spiro atoms. The van der Waals surface area contributed by atoms with Gasteiger partial charge in [0, 0.05) is 44.7 Å². The highest BCUT2D eigenvalue weighted by Gasteiger charge is 2.43. The number of hydrogen-bond donors (Lipinski definition) is 5. The number of carbonyl (C=O) groups is 3. The zero-order valence-electron chi connectivity index (χ0n) is 19.6. The summed E-state index contributed by atoms with van der Waals surface area (Å²) >= 11 is 0. The molecule has 5 N–H and O–H groups in total. The molecule has 3 heterocycles. The van der Waals surface area contributed by atoms with Crippen LogP contribution >= 0.6 is 0 Å². The van der Waals surface area contributed by atoms with Crippen LogP contribution in [0.5, 0.6) is 17.2 Å². The van der Waals surface area contributed by atoms with E-state index < -0.39 is 41.0 Å². The number of piperidine rings is 1. The minimum atomic E-state index is -0.895. The largest absolute Gasteiger partial charge is 0.504 e. The molecule has 36 heavy (non-hydrogen) atoms. The standard InChI is InChI=1S/C25H28N4O7/c30-18-6-5-17(24(34)27-18)29-13-16-19(25(29)35)21(31)23(33)22(32)20(16)26-11-14-3-1-2-4-15(14)12-28-7-9-36-10-8-28/h1-4,17,26,31-33H,5-13H2,(H,27,30,34). The first-order valence-electron chi connectivity index (χ1n) is 11.9. The Labute approximate surface area is 207 Å². The zero-order valence-corrected chi connectivity index (χ0v) is 19.6. The summed E-state index contributed by atoms with van der Waals surface area (Å²) in [5, 5.41) is 36.9. The van der Waals surface area contributed by atoms with E-state index in [4.69, 9.17) is 4.74 Å². The SMILES string of the molecule is O=C1CCC(N2Cc3c(NCc4ccccc4CN4CCOCC4)c(O)c(O)c(O)c3C2=O)C(=O)N1. The van der Waals surface area contributed by atoms with Gasteiger partial charge in [-0.2, -0.15) is 0 Å². The topological polar surface area (TPSA) is 152 Å². The number of phenolic OH excluding ortho intramolecular Hbond substituents is 3. The van der Waals surface area contributed by atoms with Gasteiger partial charge in [-0.05, 0) is 17.5 Å². The van der Waals surface area contributed by atoms with E-state index in [-0.39, 0.29) is 42.7 Å². The van der Waals surface area contributed by atoms with Crippen molar-refractivity contribution in [3.63, 3.8) is 0 Å². The predicted octanol–water partition coefficient (Wildman–Crippen LogP) is 1.01. The summed E-state index contributed by atoms with van der Waals surface area (Å²) in [6.45, 7) is 3.99. The van der Waals surface area contributed by atoms with Gasteiger partial charge >= 0.3 is 0 Å². The molecule has 5 rings (SSSR count). The number of amides is 3. The molecule has 1 atom stereocenters. The average Bonchev–Trinajstić information content (AvgIpc) is 3.21. The van der Waals surface area contributed by atoms with Gasteiger partial charge in [-0.15, -0.1) is 0 Å². The molecule has 3 aliphatic rings. The summed E-state index contributed by atoms with van der Waals surface area (Å²) in [6, 6.07) is 6.96. The van der Waals surface area contributed by atoms with Crippen molar-refractivity contribution >= 4 is 23.4 Å². The van der Waals surface area contributed by atoms with Crippen LogP contribution in [-0.4, -0.2) is 75.2 Å². The molecule has 0 bridgehead atoms. The minimum absolute atomic E-state index is 0.0698. The van der Waals surface area contributed by atoms with Gasteiger partial charge in [-0.3, -0.25) is 24.6 Å². The molecule has 0 aromatic heterocycles. The van der Waals surface area contributed by atoms with E-state index in [1.807, 2.05) is 24.3 Å². The van der Waals surface area contributed by atoms with Crippen LogP contribution in [0.2, 0.25) is 0 Å². The van der Waals surface area contributed by atoms with Crippen molar-refractivity contribution in [2.24, 2.45) is 0 Å². The average molecular weight is 497 g/mol. The number of fused-ring (bicyclic) bond motifs is 1. The molecular formula is C25H28N4O7. The van der Waals surface area contributed by atoms with Crippen molar-refractivity contribution in [3.05, 3.63) is 46.5 Å². The molecule has 0 saturated carbocycles. The van der Waals surface area contributed by atoms with Gasteiger partial charge in [0.2, 0.25) is 17.6 Å². The monoisotopic (exact) mass is 496 g/mol. The second-order valence-electron chi connectivity index (χ2n) is 9.19. The number of hydrogen-bond acceptors (Lipinski definition) is 9. The van der Waals surface area contributed by atoms with Crippen molar-refractivity contribution in [3.8, 4) is 17.2 Å². The lowest BCUT2D eigenvalue weighted by Gasteiger charge is -2.29. The van der Waals surface area contributed by atoms with Crippen molar-refractivity contribution in [2.45, 2.75) is 38.5 Å². The lowest BCUT2D eigenvalue weighted by molar-refractivity contribution is -0.136. The molecule has 2 saturated heterocycles. The first-order valence-corrected chi connectivity index (χ1v) is 11.9. The number of imide groups is 1. The van der Waals surface area contributed by atoms with Crippen molar-refractivity contribution < 1.29 is 34.4 Å². The molecule has 2 aromatic carbocycles. The molecule has 11 nitrogen and oxygen atoms in total. The highest BCUT2D eigenvalue weighted by atomic mass is 16.5. The second-order valence-corrected chi connectivity index (χ2v) is 9.19. The van der Waals surface area contributed by atoms with Gasteiger partial charge in [0.25, 0.3) is 5.91 Å². The Morgan fingerprint density at radius 2 is 1.72 bits per heavy atom. The van der Waals surface area contributed by atoms with Gasteiger partial charge < -0.3 is 30.3 Å². The Morgan fingerprint density at radius 1 is 1.00 bits per heavy atom. The van der Waals surface area contributed by atoms with Crippen LogP contribution in [0.15, 0.2) is 24.3 Å². The fourth-order valence-corrected chi connectivity index (χ4v) is 5.02. The quantitative estimate of drug-likeness (QED) is 0.224. The van der Waals surface area contributed by atoms with Crippen LogP contribution in [-0.2, 0) is 34.0 Å². The highest BCUT2D eigenvalue weighted by Crippen LogP contribution is 2.50. The summed E-state index contributed by atoms with van der Waals surface area (Å²) < 4.78 is 5.42. The predicted molar refractivity (Wildman–Crippen MR) is 127 cm³/mol. The third-order valence-electron chi connectivity index (χ3n) is 6.99. The van der Waals surface area contributed by atoms with Crippen molar-refractivity contribution in [2.75, 3.05) is 31.6 Å². The third kappa shape index (κ3) is 4.31. The van der Waals surface area contributed by atoms with Crippen molar-refractivity contribution in [1.82, 2.24) is 15.1 Å².